The molecule has 0 radical (unpaired) electrons. The Morgan fingerprint density at radius 3 is 2.74 bits per heavy atom. The van der Waals surface area contributed by atoms with Gasteiger partial charge in [0.2, 0.25) is 5.91 Å². The van der Waals surface area contributed by atoms with E-state index in [1.165, 1.54) is 18.2 Å². The SMILES string of the molecule is Cc1nc2nc(CN)nn2c(C)c1CCC(=O)Nc1ccc(F)c(Cl)c1.Cl. The van der Waals surface area contributed by atoms with Crippen molar-refractivity contribution in [3.63, 3.8) is 0 Å². The van der Waals surface area contributed by atoms with Crippen LogP contribution in [0.2, 0.25) is 5.02 Å². The number of nitrogens with one attached hydrogen (secondary N) is 1. The monoisotopic (exact) mass is 412 g/mol. The number of anilines is 1. The molecule has 0 fully saturated rings. The number of aryl methyl sites for hydroxylation is 2. The fourth-order valence-corrected chi connectivity index (χ4v) is 2.91. The third kappa shape index (κ3) is 4.52. The van der Waals surface area contributed by atoms with Crippen molar-refractivity contribution in [1.29, 1.82) is 0 Å². The Hall–Kier alpha value is -2.29. The number of nitrogens with zero attached hydrogens (tertiary/aromatic N) is 4. The summed E-state index contributed by atoms with van der Waals surface area (Å²) in [5.41, 5.74) is 8.63. The van der Waals surface area contributed by atoms with Crippen LogP contribution in [0.4, 0.5) is 10.1 Å². The summed E-state index contributed by atoms with van der Waals surface area (Å²) in [4.78, 5) is 20.9. The number of carbonyl (C=O) groups excluding carboxylic acids is 1. The number of halogens is 3. The number of fused-ring (bicyclic) bond motifs is 1. The van der Waals surface area contributed by atoms with Crippen molar-refractivity contribution in [3.05, 3.63) is 51.8 Å². The second-order valence-electron chi connectivity index (χ2n) is 5.88. The third-order valence-electron chi connectivity index (χ3n) is 4.08. The van der Waals surface area contributed by atoms with E-state index < -0.39 is 5.82 Å². The van der Waals surface area contributed by atoms with Crippen molar-refractivity contribution >= 4 is 41.4 Å². The number of carbonyl (C=O) groups is 1. The van der Waals surface area contributed by atoms with Gasteiger partial charge in [-0.05, 0) is 44.0 Å². The summed E-state index contributed by atoms with van der Waals surface area (Å²) in [6.07, 6.45) is 0.724. The van der Waals surface area contributed by atoms with Gasteiger partial charge in [-0.3, -0.25) is 4.79 Å². The van der Waals surface area contributed by atoms with E-state index in [1.807, 2.05) is 13.8 Å². The smallest absolute Gasteiger partial charge is 0.252 e. The summed E-state index contributed by atoms with van der Waals surface area (Å²) < 4.78 is 14.8. The highest BCUT2D eigenvalue weighted by atomic mass is 35.5. The van der Waals surface area contributed by atoms with E-state index in [9.17, 15) is 9.18 Å². The van der Waals surface area contributed by atoms with Gasteiger partial charge in [-0.15, -0.1) is 17.5 Å². The molecule has 0 aliphatic carbocycles. The van der Waals surface area contributed by atoms with Gasteiger partial charge in [0.1, 0.15) is 5.82 Å². The molecule has 3 N–H and O–H groups in total. The minimum absolute atomic E-state index is 0. The number of amides is 1. The highest BCUT2D eigenvalue weighted by molar-refractivity contribution is 6.31. The lowest BCUT2D eigenvalue weighted by atomic mass is 10.1. The average molecular weight is 413 g/mol. The quantitative estimate of drug-likeness (QED) is 0.670. The highest BCUT2D eigenvalue weighted by Gasteiger charge is 2.14. The summed E-state index contributed by atoms with van der Waals surface area (Å²) in [7, 11) is 0. The molecule has 27 heavy (non-hydrogen) atoms. The van der Waals surface area contributed by atoms with Gasteiger partial charge in [0.15, 0.2) is 5.82 Å². The zero-order valence-corrected chi connectivity index (χ0v) is 16.4. The molecular formula is C17H19Cl2FN6O. The molecule has 2 aromatic heterocycles. The van der Waals surface area contributed by atoms with Gasteiger partial charge >= 0.3 is 0 Å². The van der Waals surface area contributed by atoms with Crippen molar-refractivity contribution in [3.8, 4) is 0 Å². The number of hydrogen-bond donors (Lipinski definition) is 2. The first-order chi connectivity index (χ1) is 12.4. The lowest BCUT2D eigenvalue weighted by Gasteiger charge is -2.10. The van der Waals surface area contributed by atoms with E-state index in [4.69, 9.17) is 17.3 Å². The van der Waals surface area contributed by atoms with Gasteiger partial charge in [-0.25, -0.2) is 13.9 Å². The van der Waals surface area contributed by atoms with Gasteiger partial charge in [0.05, 0.1) is 11.6 Å². The molecule has 0 saturated heterocycles. The van der Waals surface area contributed by atoms with Crippen LogP contribution in [0.5, 0.6) is 0 Å². The molecule has 0 aliphatic heterocycles. The summed E-state index contributed by atoms with van der Waals surface area (Å²) in [6.45, 7) is 4.01. The van der Waals surface area contributed by atoms with Gasteiger partial charge in [0.25, 0.3) is 5.78 Å². The Morgan fingerprint density at radius 1 is 1.33 bits per heavy atom. The lowest BCUT2D eigenvalue weighted by Crippen LogP contribution is -2.14. The van der Waals surface area contributed by atoms with Gasteiger partial charge in [-0.1, -0.05) is 11.6 Å². The van der Waals surface area contributed by atoms with Gasteiger partial charge in [0, 0.05) is 23.5 Å². The van der Waals surface area contributed by atoms with Crippen molar-refractivity contribution < 1.29 is 9.18 Å². The van der Waals surface area contributed by atoms with Crippen molar-refractivity contribution in [2.75, 3.05) is 5.32 Å². The predicted molar refractivity (Wildman–Crippen MR) is 104 cm³/mol. The van der Waals surface area contributed by atoms with Crippen LogP contribution in [0.25, 0.3) is 5.78 Å². The molecule has 1 aromatic carbocycles. The fraction of sp³-hybridized carbons (Fsp3) is 0.294. The molecule has 10 heteroatoms. The molecule has 1 amide bonds. The predicted octanol–water partition coefficient (Wildman–Crippen LogP) is 2.99. The van der Waals surface area contributed by atoms with Crippen LogP contribution < -0.4 is 11.1 Å². The Bertz CT molecular complexity index is 991. The Kier molecular flexibility index (Phi) is 6.69. The van der Waals surface area contributed by atoms with Crippen molar-refractivity contribution in [2.45, 2.75) is 33.2 Å². The first kappa shape index (κ1) is 21.0. The highest BCUT2D eigenvalue weighted by Crippen LogP contribution is 2.20. The summed E-state index contributed by atoms with van der Waals surface area (Å²) in [6, 6.07) is 4.06. The Balaban J connectivity index is 0.00000261. The molecule has 0 saturated carbocycles. The minimum Gasteiger partial charge on any atom is -0.326 e. The summed E-state index contributed by atoms with van der Waals surface area (Å²) >= 11 is 5.72. The molecule has 7 nitrogen and oxygen atoms in total. The Morgan fingerprint density at radius 2 is 2.07 bits per heavy atom. The lowest BCUT2D eigenvalue weighted by molar-refractivity contribution is -0.116. The minimum atomic E-state index is -0.528. The Labute approximate surface area is 166 Å². The maximum atomic E-state index is 13.2. The zero-order chi connectivity index (χ0) is 18.8. The largest absolute Gasteiger partial charge is 0.326 e. The van der Waals surface area contributed by atoms with Crippen LogP contribution in [0.1, 0.15) is 29.2 Å². The summed E-state index contributed by atoms with van der Waals surface area (Å²) in [5, 5.41) is 6.98. The molecule has 0 spiro atoms. The normalized spacial score (nSPS) is 10.7. The van der Waals surface area contributed by atoms with E-state index in [-0.39, 0.29) is 36.3 Å². The average Bonchev–Trinajstić information content (AvgIpc) is 3.01. The van der Waals surface area contributed by atoms with E-state index in [0.717, 1.165) is 17.0 Å². The molecule has 3 aromatic rings. The molecular weight excluding hydrogens is 394 g/mol. The second-order valence-corrected chi connectivity index (χ2v) is 6.29. The van der Waals surface area contributed by atoms with E-state index >= 15 is 0 Å². The number of hydrogen-bond acceptors (Lipinski definition) is 5. The maximum Gasteiger partial charge on any atom is 0.252 e. The van der Waals surface area contributed by atoms with Crippen LogP contribution in [0, 0.1) is 19.7 Å². The van der Waals surface area contributed by atoms with Crippen LogP contribution in [0.3, 0.4) is 0 Å². The second kappa shape index (κ2) is 8.60. The van der Waals surface area contributed by atoms with Crippen LogP contribution >= 0.6 is 24.0 Å². The van der Waals surface area contributed by atoms with E-state index in [0.29, 0.717) is 23.7 Å². The molecule has 0 atom stereocenters. The molecule has 0 bridgehead atoms. The van der Waals surface area contributed by atoms with Crippen molar-refractivity contribution in [2.24, 2.45) is 5.73 Å². The van der Waals surface area contributed by atoms with E-state index in [1.54, 1.807) is 4.52 Å². The number of benzene rings is 1. The molecule has 3 rings (SSSR count). The topological polar surface area (TPSA) is 98.2 Å². The number of rotatable bonds is 5. The summed E-state index contributed by atoms with van der Waals surface area (Å²) in [5.74, 6) is 0.283. The maximum absolute atomic E-state index is 13.2. The molecule has 2 heterocycles. The number of nitrogens with two attached hydrogens (primary N) is 1. The zero-order valence-electron chi connectivity index (χ0n) is 14.8. The van der Waals surface area contributed by atoms with Gasteiger partial charge < -0.3 is 11.1 Å². The first-order valence-electron chi connectivity index (χ1n) is 8.05. The van der Waals surface area contributed by atoms with E-state index in [2.05, 4.69) is 20.4 Å². The third-order valence-corrected chi connectivity index (χ3v) is 4.37. The molecule has 144 valence electrons. The molecule has 0 aliphatic rings. The fourth-order valence-electron chi connectivity index (χ4n) is 2.73. The first-order valence-corrected chi connectivity index (χ1v) is 8.43. The van der Waals surface area contributed by atoms with Crippen molar-refractivity contribution in [1.82, 2.24) is 19.6 Å². The van der Waals surface area contributed by atoms with Crippen LogP contribution in [0.15, 0.2) is 18.2 Å². The van der Waals surface area contributed by atoms with Crippen LogP contribution in [-0.2, 0) is 17.8 Å². The number of aromatic nitrogens is 4. The molecule has 0 unspecified atom stereocenters. The van der Waals surface area contributed by atoms with Gasteiger partial charge in [-0.2, -0.15) is 4.98 Å². The van der Waals surface area contributed by atoms with Crippen LogP contribution in [-0.4, -0.2) is 25.5 Å². The standard InChI is InChI=1S/C17H18ClFN6O.ClH/c1-9-12(10(2)25-17(21-9)23-15(8-20)24-25)4-6-16(26)22-11-3-5-14(19)13(18)7-11;/h3,5,7H,4,6,8,20H2,1-2H3,(H,22,26);1H.